The molecule has 0 bridgehead atoms. The quantitative estimate of drug-likeness (QED) is 0.424. The summed E-state index contributed by atoms with van der Waals surface area (Å²) in [6.07, 6.45) is -6.13. The highest BCUT2D eigenvalue weighted by atomic mass is 32.2. The molecule has 0 aliphatic carbocycles. The second-order valence-corrected chi connectivity index (χ2v) is 10.9. The van der Waals surface area contributed by atoms with Crippen molar-refractivity contribution in [2.45, 2.75) is 29.4 Å². The van der Waals surface area contributed by atoms with Crippen molar-refractivity contribution in [1.82, 2.24) is 4.72 Å². The van der Waals surface area contributed by atoms with Crippen LogP contribution in [0, 0.1) is 11.6 Å². The Hall–Kier alpha value is -3.46. The van der Waals surface area contributed by atoms with Gasteiger partial charge in [0.15, 0.2) is 11.5 Å². The molecule has 0 saturated carbocycles. The average molecular weight is 572 g/mol. The molecule has 4 atom stereocenters. The van der Waals surface area contributed by atoms with Crippen LogP contribution in [0.15, 0.2) is 69.9 Å². The fourth-order valence-electron chi connectivity index (χ4n) is 4.51. The first-order valence-electron chi connectivity index (χ1n) is 11.6. The van der Waals surface area contributed by atoms with Crippen molar-refractivity contribution < 1.29 is 45.5 Å². The zero-order valence-corrected chi connectivity index (χ0v) is 21.0. The summed E-state index contributed by atoms with van der Waals surface area (Å²) in [5.41, 5.74) is 0.787. The van der Waals surface area contributed by atoms with Crippen LogP contribution in [0.1, 0.15) is 0 Å². The van der Waals surface area contributed by atoms with Gasteiger partial charge in [-0.25, -0.2) is 22.1 Å². The minimum Gasteiger partial charge on any atom is -0.453 e. The van der Waals surface area contributed by atoms with Gasteiger partial charge in [0, 0.05) is 19.2 Å². The summed E-state index contributed by atoms with van der Waals surface area (Å²) >= 11 is 0. The Morgan fingerprint density at radius 2 is 1.59 bits per heavy atom. The maximum atomic E-state index is 14.0. The summed E-state index contributed by atoms with van der Waals surface area (Å²) in [6, 6.07) is 10.2. The number of anilines is 2. The van der Waals surface area contributed by atoms with Gasteiger partial charge < -0.3 is 24.2 Å². The van der Waals surface area contributed by atoms with Gasteiger partial charge in [0.2, 0.25) is 0 Å². The van der Waals surface area contributed by atoms with E-state index in [-0.39, 0.29) is 29.6 Å². The molecule has 0 aromatic heterocycles. The van der Waals surface area contributed by atoms with Crippen LogP contribution in [0.3, 0.4) is 0 Å². The van der Waals surface area contributed by atoms with Gasteiger partial charge in [-0.1, -0.05) is 0 Å². The molecule has 5 rings (SSSR count). The molecule has 0 amide bonds. The van der Waals surface area contributed by atoms with E-state index >= 15 is 0 Å². The number of aliphatic hydroxyl groups excluding tert-OH is 1. The monoisotopic (exact) mass is 571 g/mol. The minimum atomic E-state index is -4.89. The molecule has 2 heterocycles. The highest BCUT2D eigenvalue weighted by Gasteiger charge is 2.42. The summed E-state index contributed by atoms with van der Waals surface area (Å²) in [7, 11) is -2.16. The molecule has 1 fully saturated rings. The molecule has 1 saturated heterocycles. The lowest BCUT2D eigenvalue weighted by Crippen LogP contribution is -2.60. The van der Waals surface area contributed by atoms with Crippen molar-refractivity contribution in [3.05, 3.63) is 72.3 Å². The molecule has 14 heteroatoms. The first kappa shape index (κ1) is 27.1. The van der Waals surface area contributed by atoms with Crippen LogP contribution in [0.25, 0.3) is 0 Å². The second kappa shape index (κ2) is 10.3. The van der Waals surface area contributed by atoms with Crippen molar-refractivity contribution in [3.63, 3.8) is 0 Å². The third-order valence-electron chi connectivity index (χ3n) is 6.25. The number of nitrogens with zero attached hydrogens (tertiary/aromatic N) is 2. The lowest BCUT2D eigenvalue weighted by molar-refractivity contribution is -0.274. The van der Waals surface area contributed by atoms with Crippen molar-refractivity contribution in [2.24, 2.45) is 4.36 Å². The van der Waals surface area contributed by atoms with E-state index in [0.717, 1.165) is 24.3 Å². The zero-order valence-electron chi connectivity index (χ0n) is 20.2. The maximum absolute atomic E-state index is 14.0. The summed E-state index contributed by atoms with van der Waals surface area (Å²) < 4.78 is 101. The van der Waals surface area contributed by atoms with E-state index in [0.29, 0.717) is 11.4 Å². The third-order valence-corrected chi connectivity index (χ3v) is 8.30. The number of alkyl halides is 3. The molecule has 0 radical (unpaired) electrons. The van der Waals surface area contributed by atoms with Gasteiger partial charge in [-0.2, -0.15) is 0 Å². The smallest absolute Gasteiger partial charge is 0.453 e. The van der Waals surface area contributed by atoms with Gasteiger partial charge in [0.1, 0.15) is 27.3 Å². The molecule has 2 aliphatic rings. The van der Waals surface area contributed by atoms with E-state index in [1.807, 2.05) is 0 Å². The molecular weight excluding hydrogens is 549 g/mol. The number of nitrogens with one attached hydrogen (secondary N) is 1. The van der Waals surface area contributed by atoms with E-state index in [4.69, 9.17) is 9.47 Å². The van der Waals surface area contributed by atoms with E-state index in [1.54, 1.807) is 4.90 Å². The van der Waals surface area contributed by atoms with Crippen molar-refractivity contribution in [3.8, 4) is 17.2 Å². The Balaban J connectivity index is 1.44. The Labute approximate surface area is 220 Å². The Kier molecular flexibility index (Phi) is 7.13. The third kappa shape index (κ3) is 5.50. The van der Waals surface area contributed by atoms with Gasteiger partial charge in [-0.05, 0) is 48.5 Å². The number of aliphatic hydroxyl groups is 1. The summed E-state index contributed by atoms with van der Waals surface area (Å²) in [5, 5.41) is 11.4. The standard InChI is InChI=1S/C25H22F5N3O5S/c1-31-39(35,17-6-4-16(5-7-17)38-25(28,29)30)32-18-12-36-13-21(24(18)34)33-19-8-2-14(26)10-22(19)37-23-11-15(27)3-9-20(23)33/h2-11,18,21,24,34H,12-13H2,1H3,(H,31,32,35). The predicted molar refractivity (Wildman–Crippen MR) is 130 cm³/mol. The Morgan fingerprint density at radius 1 is 1.00 bits per heavy atom. The molecular formula is C25H22F5N3O5S. The largest absolute Gasteiger partial charge is 0.573 e. The molecule has 3 aromatic carbocycles. The normalized spacial score (nSPS) is 22.2. The molecule has 208 valence electrons. The topological polar surface area (TPSA) is 92.6 Å². The van der Waals surface area contributed by atoms with Crippen molar-refractivity contribution in [1.29, 1.82) is 0 Å². The predicted octanol–water partition coefficient (Wildman–Crippen LogP) is 4.90. The van der Waals surface area contributed by atoms with Crippen LogP contribution in [-0.2, 0) is 14.7 Å². The van der Waals surface area contributed by atoms with Crippen LogP contribution in [0.5, 0.6) is 17.2 Å². The number of halogens is 5. The average Bonchev–Trinajstić information content (AvgIpc) is 2.88. The number of rotatable bonds is 5. The molecule has 2 N–H and O–H groups in total. The van der Waals surface area contributed by atoms with Crippen LogP contribution < -0.4 is 19.1 Å². The molecule has 8 nitrogen and oxygen atoms in total. The Morgan fingerprint density at radius 3 is 2.13 bits per heavy atom. The van der Waals surface area contributed by atoms with E-state index < -0.39 is 51.8 Å². The van der Waals surface area contributed by atoms with Gasteiger partial charge in [0.25, 0.3) is 0 Å². The van der Waals surface area contributed by atoms with Gasteiger partial charge in [-0.3, -0.25) is 0 Å². The van der Waals surface area contributed by atoms with E-state index in [2.05, 4.69) is 13.8 Å². The minimum absolute atomic E-state index is 0.000909. The van der Waals surface area contributed by atoms with Gasteiger partial charge in [0.05, 0.1) is 47.7 Å². The van der Waals surface area contributed by atoms with Crippen LogP contribution >= 0.6 is 0 Å². The first-order valence-corrected chi connectivity index (χ1v) is 13.1. The molecule has 2 aliphatic heterocycles. The molecule has 39 heavy (non-hydrogen) atoms. The number of fused-ring (bicyclic) bond motifs is 2. The maximum Gasteiger partial charge on any atom is 0.573 e. The van der Waals surface area contributed by atoms with Gasteiger partial charge in [-0.15, -0.1) is 13.2 Å². The number of benzene rings is 3. The zero-order chi connectivity index (χ0) is 27.9. The highest BCUT2D eigenvalue weighted by Crippen LogP contribution is 2.49. The van der Waals surface area contributed by atoms with E-state index in [9.17, 15) is 31.3 Å². The lowest BCUT2D eigenvalue weighted by Gasteiger charge is -2.44. The van der Waals surface area contributed by atoms with Gasteiger partial charge >= 0.3 is 6.36 Å². The number of ether oxygens (including phenoxy) is 3. The Bertz CT molecular complexity index is 1440. The second-order valence-electron chi connectivity index (χ2n) is 8.74. The summed E-state index contributed by atoms with van der Waals surface area (Å²) in [5.74, 6) is -1.45. The number of hydrogen-bond donors (Lipinski definition) is 2. The summed E-state index contributed by atoms with van der Waals surface area (Å²) in [6.45, 7) is -0.0722. The first-order chi connectivity index (χ1) is 18.5. The van der Waals surface area contributed by atoms with Crippen LogP contribution in [-0.4, -0.2) is 54.1 Å². The molecule has 3 aromatic rings. The summed E-state index contributed by atoms with van der Waals surface area (Å²) in [4.78, 5) is 1.70. The SMILES string of the molecule is CN=S(=O)(NC1COCC(N2c3ccc(F)cc3Oc3cc(F)ccc32)C1O)c1ccc(OC(F)(F)F)cc1. The highest BCUT2D eigenvalue weighted by molar-refractivity contribution is 7.91. The molecule has 4 unspecified atom stereocenters. The van der Waals surface area contributed by atoms with Crippen LogP contribution in [0.4, 0.5) is 33.3 Å². The van der Waals surface area contributed by atoms with E-state index in [1.165, 1.54) is 43.4 Å². The van der Waals surface area contributed by atoms with Crippen molar-refractivity contribution in [2.75, 3.05) is 25.2 Å². The van der Waals surface area contributed by atoms with Crippen molar-refractivity contribution >= 4 is 21.3 Å². The number of hydrogen-bond acceptors (Lipinski definition) is 7. The fraction of sp³-hybridized carbons (Fsp3) is 0.280. The lowest BCUT2D eigenvalue weighted by atomic mass is 9.98. The van der Waals surface area contributed by atoms with Crippen LogP contribution in [0.2, 0.25) is 0 Å². The fourth-order valence-corrected chi connectivity index (χ4v) is 6.09. The molecule has 0 spiro atoms.